The van der Waals surface area contributed by atoms with Crippen LogP contribution in [-0.2, 0) is 19.1 Å². The molecule has 0 aromatic rings. The Morgan fingerprint density at radius 1 is 0.469 bits per heavy atom. The summed E-state index contributed by atoms with van der Waals surface area (Å²) in [7, 11) is 1.33. The minimum atomic E-state index is -0.935. The Morgan fingerprint density at radius 2 is 0.694 bits per heavy atom. The van der Waals surface area contributed by atoms with Gasteiger partial charge in [0, 0.05) is 22.1 Å². The average Bonchev–Trinajstić information content (AvgIpc) is 3.09. The van der Waals surface area contributed by atoms with Crippen LogP contribution in [0.1, 0.15) is 187 Å². The first-order chi connectivity index (χ1) is 23.5. The summed E-state index contributed by atoms with van der Waals surface area (Å²) in [4.78, 5) is 32.8. The van der Waals surface area contributed by atoms with Gasteiger partial charge in [-0.25, -0.2) is 14.4 Å². The molecular weight excluding hydrogens is 612 g/mol. The van der Waals surface area contributed by atoms with E-state index in [-0.39, 0.29) is 17.0 Å². The lowest BCUT2D eigenvalue weighted by Gasteiger charge is -2.53. The first-order valence-corrected chi connectivity index (χ1v) is 20.0. The highest BCUT2D eigenvalue weighted by Gasteiger charge is 2.52. The van der Waals surface area contributed by atoms with E-state index in [9.17, 15) is 19.5 Å². The van der Waals surface area contributed by atoms with E-state index in [1.54, 1.807) is 6.92 Å². The van der Waals surface area contributed by atoms with Gasteiger partial charge >= 0.3 is 17.9 Å². The standard InChI is InChI=1S/C34H60O2.C5H8O2.C4H6O2/c1-29(33(35)36)34(30-23-17-11-5-2-6-12-18-24-30,31-25-19-13-7-3-8-14-20-26-31)32-27-21-15-9-4-10-16-22-28-32;1-4(2)5(6)7-3;1-3(2)4(5)6/h30-32H,1-28H2,(H,35,36);1H2,2-3H3;1H2,2H3,(H,5,6). The molecular formula is C43H74O6. The quantitative estimate of drug-likeness (QED) is 0.204. The minimum absolute atomic E-state index is 0.176. The van der Waals surface area contributed by atoms with E-state index in [1.165, 1.54) is 187 Å². The molecule has 3 fully saturated rings. The number of hydrogen-bond acceptors (Lipinski definition) is 4. The molecule has 0 saturated heterocycles. The molecule has 0 amide bonds. The third-order valence-corrected chi connectivity index (χ3v) is 11.5. The Labute approximate surface area is 300 Å². The van der Waals surface area contributed by atoms with Gasteiger partial charge in [-0.3, -0.25) is 0 Å². The zero-order valence-electron chi connectivity index (χ0n) is 32.0. The zero-order valence-corrected chi connectivity index (χ0v) is 32.0. The van der Waals surface area contributed by atoms with Crippen LogP contribution in [0.3, 0.4) is 0 Å². The molecule has 0 bridgehead atoms. The second-order valence-electron chi connectivity index (χ2n) is 15.3. The molecule has 0 atom stereocenters. The lowest BCUT2D eigenvalue weighted by Crippen LogP contribution is -2.48. The molecule has 0 aliphatic heterocycles. The van der Waals surface area contributed by atoms with Crippen LogP contribution < -0.4 is 0 Å². The fraction of sp³-hybridized carbons (Fsp3) is 0.791. The van der Waals surface area contributed by atoms with Gasteiger partial charge in [-0.05, 0) is 70.1 Å². The van der Waals surface area contributed by atoms with Crippen LogP contribution in [0, 0.1) is 23.2 Å². The number of rotatable bonds is 7. The average molecular weight is 687 g/mol. The van der Waals surface area contributed by atoms with Gasteiger partial charge in [0.25, 0.3) is 0 Å². The maximum absolute atomic E-state index is 13.0. The Bertz CT molecular complexity index is 890. The lowest BCUT2D eigenvalue weighted by atomic mass is 9.50. The van der Waals surface area contributed by atoms with E-state index >= 15 is 0 Å². The van der Waals surface area contributed by atoms with Crippen LogP contribution >= 0.6 is 0 Å². The summed E-state index contributed by atoms with van der Waals surface area (Å²) in [6.07, 6.45) is 35.5. The van der Waals surface area contributed by atoms with Crippen molar-refractivity contribution in [3.05, 3.63) is 36.5 Å². The van der Waals surface area contributed by atoms with Crippen LogP contribution in [0.15, 0.2) is 36.5 Å². The predicted molar refractivity (Wildman–Crippen MR) is 204 cm³/mol. The van der Waals surface area contributed by atoms with Crippen LogP contribution in [0.4, 0.5) is 0 Å². The van der Waals surface area contributed by atoms with Crippen molar-refractivity contribution in [2.75, 3.05) is 7.11 Å². The second-order valence-corrected chi connectivity index (χ2v) is 15.3. The van der Waals surface area contributed by atoms with E-state index in [0.717, 1.165) is 0 Å². The van der Waals surface area contributed by atoms with Gasteiger partial charge in [0.2, 0.25) is 0 Å². The maximum Gasteiger partial charge on any atom is 0.332 e. The molecule has 0 aromatic carbocycles. The highest BCUT2D eigenvalue weighted by molar-refractivity contribution is 5.88. The molecule has 2 N–H and O–H groups in total. The second kappa shape index (κ2) is 26.4. The summed E-state index contributed by atoms with van der Waals surface area (Å²) in [5.74, 6) is -0.420. The van der Waals surface area contributed by atoms with Crippen molar-refractivity contribution in [1.82, 2.24) is 0 Å². The first-order valence-electron chi connectivity index (χ1n) is 20.0. The number of carboxylic acid groups (broad SMARTS) is 2. The monoisotopic (exact) mass is 687 g/mol. The molecule has 0 unspecified atom stereocenters. The van der Waals surface area contributed by atoms with E-state index in [0.29, 0.717) is 28.9 Å². The van der Waals surface area contributed by atoms with E-state index in [1.807, 2.05) is 0 Å². The fourth-order valence-electron chi connectivity index (χ4n) is 8.96. The predicted octanol–water partition coefficient (Wildman–Crippen LogP) is 12.4. The number of ether oxygens (including phenoxy) is 1. The Morgan fingerprint density at radius 3 is 0.837 bits per heavy atom. The Kier molecular flexibility index (Phi) is 24.1. The Hall–Kier alpha value is -2.37. The summed E-state index contributed by atoms with van der Waals surface area (Å²) in [6.45, 7) is 14.1. The van der Waals surface area contributed by atoms with Gasteiger partial charge in [-0.15, -0.1) is 0 Å². The smallest absolute Gasteiger partial charge is 0.332 e. The molecule has 0 spiro atoms. The fourth-order valence-corrected chi connectivity index (χ4v) is 8.96. The van der Waals surface area contributed by atoms with Crippen molar-refractivity contribution in [3.63, 3.8) is 0 Å². The topological polar surface area (TPSA) is 101 Å². The van der Waals surface area contributed by atoms with Crippen molar-refractivity contribution in [1.29, 1.82) is 0 Å². The molecule has 0 aromatic heterocycles. The molecule has 3 saturated carbocycles. The number of carboxylic acids is 2. The van der Waals surface area contributed by atoms with E-state index < -0.39 is 11.9 Å². The largest absolute Gasteiger partial charge is 0.478 e. The lowest BCUT2D eigenvalue weighted by molar-refractivity contribution is -0.137. The molecule has 6 heteroatoms. The van der Waals surface area contributed by atoms with Crippen LogP contribution in [0.2, 0.25) is 0 Å². The third kappa shape index (κ3) is 16.9. The SMILES string of the molecule is C=C(C(=O)O)C(C1CCCCCCCCC1)(C1CCCCCCCCC1)C1CCCCCCCCC1.C=C(C)C(=O)O.C=C(C)C(=O)OC. The van der Waals surface area contributed by atoms with Gasteiger partial charge in [-0.2, -0.15) is 0 Å². The zero-order chi connectivity index (χ0) is 36.5. The van der Waals surface area contributed by atoms with Gasteiger partial charge in [0.05, 0.1) is 7.11 Å². The first kappa shape index (κ1) is 44.7. The molecule has 0 radical (unpaired) electrons. The number of carbonyl (C=O) groups is 3. The van der Waals surface area contributed by atoms with Crippen molar-refractivity contribution >= 4 is 17.9 Å². The highest BCUT2D eigenvalue weighted by Crippen LogP contribution is 2.58. The van der Waals surface area contributed by atoms with Gasteiger partial charge in [0.15, 0.2) is 0 Å². The summed E-state index contributed by atoms with van der Waals surface area (Å²) < 4.78 is 4.27. The summed E-state index contributed by atoms with van der Waals surface area (Å²) in [6, 6.07) is 0. The molecule has 3 rings (SSSR count). The normalized spacial score (nSPS) is 20.4. The van der Waals surface area contributed by atoms with Gasteiger partial charge in [0.1, 0.15) is 0 Å². The van der Waals surface area contributed by atoms with Crippen molar-refractivity contribution in [2.24, 2.45) is 23.2 Å². The molecule has 3 aliphatic carbocycles. The van der Waals surface area contributed by atoms with E-state index in [2.05, 4.69) is 24.5 Å². The maximum atomic E-state index is 13.0. The number of carbonyl (C=O) groups excluding carboxylic acids is 1. The summed E-state index contributed by atoms with van der Waals surface area (Å²) in [5.41, 5.74) is 1.05. The number of methoxy groups -OCH3 is 1. The van der Waals surface area contributed by atoms with Gasteiger partial charge in [-0.1, -0.05) is 155 Å². The molecule has 6 nitrogen and oxygen atoms in total. The Balaban J connectivity index is 0.000000780. The van der Waals surface area contributed by atoms with Crippen molar-refractivity contribution in [3.8, 4) is 0 Å². The van der Waals surface area contributed by atoms with E-state index in [4.69, 9.17) is 5.11 Å². The van der Waals surface area contributed by atoms with Crippen LogP contribution in [-0.4, -0.2) is 35.2 Å². The van der Waals surface area contributed by atoms with Crippen molar-refractivity contribution < 1.29 is 29.3 Å². The molecule has 282 valence electrons. The van der Waals surface area contributed by atoms with Crippen LogP contribution in [0.5, 0.6) is 0 Å². The molecule has 0 heterocycles. The van der Waals surface area contributed by atoms with Crippen LogP contribution in [0.25, 0.3) is 0 Å². The summed E-state index contributed by atoms with van der Waals surface area (Å²) in [5, 5.41) is 18.6. The highest BCUT2D eigenvalue weighted by atomic mass is 16.5. The third-order valence-electron chi connectivity index (χ3n) is 11.5. The number of esters is 1. The number of hydrogen-bond donors (Lipinski definition) is 2. The number of aliphatic carboxylic acids is 2. The molecule has 3 aliphatic rings. The van der Waals surface area contributed by atoms with Crippen molar-refractivity contribution in [2.45, 2.75) is 187 Å². The van der Waals surface area contributed by atoms with Gasteiger partial charge < -0.3 is 14.9 Å². The molecule has 49 heavy (non-hydrogen) atoms. The summed E-state index contributed by atoms with van der Waals surface area (Å²) >= 11 is 0. The minimum Gasteiger partial charge on any atom is -0.478 e.